The normalized spacial score (nSPS) is 10.2. The van der Waals surface area contributed by atoms with Crippen molar-refractivity contribution in [3.05, 3.63) is 59.7 Å². The summed E-state index contributed by atoms with van der Waals surface area (Å²) in [6, 6.07) is 14.4. The first-order chi connectivity index (χ1) is 12.1. The van der Waals surface area contributed by atoms with Crippen molar-refractivity contribution in [3.63, 3.8) is 0 Å². The van der Waals surface area contributed by atoms with E-state index in [4.69, 9.17) is 4.74 Å². The molecule has 25 heavy (non-hydrogen) atoms. The summed E-state index contributed by atoms with van der Waals surface area (Å²) < 4.78 is 5.10. The number of carbonyl (C=O) groups excluding carboxylic acids is 2. The number of rotatable bonds is 7. The minimum atomic E-state index is -0.104. The third-order valence-corrected chi connectivity index (χ3v) is 3.99. The lowest BCUT2D eigenvalue weighted by Gasteiger charge is -2.18. The summed E-state index contributed by atoms with van der Waals surface area (Å²) in [4.78, 5) is 26.2. The van der Waals surface area contributed by atoms with Crippen LogP contribution in [0.2, 0.25) is 0 Å². The molecule has 0 spiro atoms. The van der Waals surface area contributed by atoms with Crippen LogP contribution in [0, 0.1) is 0 Å². The molecule has 132 valence electrons. The second-order valence-electron chi connectivity index (χ2n) is 5.63. The molecule has 2 aromatic rings. The lowest BCUT2D eigenvalue weighted by Crippen LogP contribution is -2.30. The van der Waals surface area contributed by atoms with Gasteiger partial charge < -0.3 is 15.0 Å². The molecule has 0 aromatic heterocycles. The largest absolute Gasteiger partial charge is 0.497 e. The third kappa shape index (κ3) is 5.08. The van der Waals surface area contributed by atoms with Crippen molar-refractivity contribution in [2.45, 2.75) is 20.3 Å². The highest BCUT2D eigenvalue weighted by Gasteiger charge is 2.12. The van der Waals surface area contributed by atoms with Crippen LogP contribution in [0.15, 0.2) is 48.5 Å². The Morgan fingerprint density at radius 1 is 0.960 bits per heavy atom. The molecule has 5 heteroatoms. The van der Waals surface area contributed by atoms with Gasteiger partial charge in [-0.05, 0) is 55.8 Å². The highest BCUT2D eigenvalue weighted by atomic mass is 16.5. The number of hydrogen-bond acceptors (Lipinski definition) is 3. The first-order valence-electron chi connectivity index (χ1n) is 8.39. The zero-order valence-corrected chi connectivity index (χ0v) is 14.9. The second-order valence-corrected chi connectivity index (χ2v) is 5.63. The average molecular weight is 340 g/mol. The van der Waals surface area contributed by atoms with Crippen molar-refractivity contribution in [2.75, 3.05) is 25.5 Å². The molecule has 2 aromatic carbocycles. The Morgan fingerprint density at radius 2 is 1.56 bits per heavy atom. The van der Waals surface area contributed by atoms with Gasteiger partial charge in [0.1, 0.15) is 5.75 Å². The van der Waals surface area contributed by atoms with Crippen LogP contribution in [0.1, 0.15) is 29.8 Å². The minimum Gasteiger partial charge on any atom is -0.497 e. The molecule has 0 aliphatic heterocycles. The fourth-order valence-electron chi connectivity index (χ4n) is 2.52. The van der Waals surface area contributed by atoms with E-state index < -0.39 is 0 Å². The number of methoxy groups -OCH3 is 1. The van der Waals surface area contributed by atoms with Crippen LogP contribution >= 0.6 is 0 Å². The second kappa shape index (κ2) is 8.87. The van der Waals surface area contributed by atoms with Crippen LogP contribution in [-0.4, -0.2) is 36.9 Å². The molecular weight excluding hydrogens is 316 g/mol. The molecular formula is C20H24N2O3. The van der Waals surface area contributed by atoms with Crippen LogP contribution in [0.3, 0.4) is 0 Å². The zero-order valence-electron chi connectivity index (χ0n) is 14.9. The van der Waals surface area contributed by atoms with Gasteiger partial charge in [-0.1, -0.05) is 12.1 Å². The van der Waals surface area contributed by atoms with Crippen molar-refractivity contribution < 1.29 is 14.3 Å². The van der Waals surface area contributed by atoms with Gasteiger partial charge in [0.15, 0.2) is 0 Å². The first-order valence-corrected chi connectivity index (χ1v) is 8.39. The fourth-order valence-corrected chi connectivity index (χ4v) is 2.52. The molecule has 5 nitrogen and oxygen atoms in total. The van der Waals surface area contributed by atoms with Gasteiger partial charge in [-0.25, -0.2) is 0 Å². The van der Waals surface area contributed by atoms with Crippen molar-refractivity contribution in [1.82, 2.24) is 4.90 Å². The van der Waals surface area contributed by atoms with Gasteiger partial charge in [0.2, 0.25) is 5.91 Å². The van der Waals surface area contributed by atoms with Crippen LogP contribution in [0.5, 0.6) is 5.75 Å². The predicted molar refractivity (Wildman–Crippen MR) is 99.0 cm³/mol. The summed E-state index contributed by atoms with van der Waals surface area (Å²) in [5.74, 6) is 0.659. The average Bonchev–Trinajstić information content (AvgIpc) is 2.64. The predicted octanol–water partition coefficient (Wildman–Crippen LogP) is 3.36. The van der Waals surface area contributed by atoms with E-state index in [-0.39, 0.29) is 18.2 Å². The summed E-state index contributed by atoms with van der Waals surface area (Å²) in [5, 5.41) is 2.85. The number of benzene rings is 2. The van der Waals surface area contributed by atoms with Gasteiger partial charge in [-0.3, -0.25) is 9.59 Å². The van der Waals surface area contributed by atoms with Crippen molar-refractivity contribution in [2.24, 2.45) is 0 Å². The van der Waals surface area contributed by atoms with E-state index >= 15 is 0 Å². The Balaban J connectivity index is 1.95. The lowest BCUT2D eigenvalue weighted by molar-refractivity contribution is -0.115. The molecule has 0 atom stereocenters. The Kier molecular flexibility index (Phi) is 6.57. The first kappa shape index (κ1) is 18.5. The number of anilines is 1. The molecule has 0 heterocycles. The smallest absolute Gasteiger partial charge is 0.253 e. The number of nitrogens with zero attached hydrogens (tertiary/aromatic N) is 1. The quantitative estimate of drug-likeness (QED) is 0.841. The summed E-state index contributed by atoms with van der Waals surface area (Å²) >= 11 is 0. The van der Waals surface area contributed by atoms with E-state index in [2.05, 4.69) is 5.32 Å². The Morgan fingerprint density at radius 3 is 2.08 bits per heavy atom. The van der Waals surface area contributed by atoms with Gasteiger partial charge in [0.05, 0.1) is 13.5 Å². The molecule has 0 aliphatic carbocycles. The summed E-state index contributed by atoms with van der Waals surface area (Å²) in [5.41, 5.74) is 2.21. The molecule has 0 aliphatic rings. The zero-order chi connectivity index (χ0) is 18.2. The van der Waals surface area contributed by atoms with E-state index in [1.165, 1.54) is 0 Å². The van der Waals surface area contributed by atoms with Gasteiger partial charge in [-0.15, -0.1) is 0 Å². The SMILES string of the molecule is CCN(CC)C(=O)c1ccc(NC(=O)Cc2ccc(OC)cc2)cc1. The molecule has 2 amide bonds. The van der Waals surface area contributed by atoms with E-state index in [1.807, 2.05) is 38.1 Å². The minimum absolute atomic E-state index is 0.00103. The maximum Gasteiger partial charge on any atom is 0.253 e. The van der Waals surface area contributed by atoms with E-state index in [0.717, 1.165) is 11.3 Å². The summed E-state index contributed by atoms with van der Waals surface area (Å²) in [7, 11) is 1.61. The standard InChI is InChI=1S/C20H24N2O3/c1-4-22(5-2)20(24)16-8-10-17(11-9-16)21-19(23)14-15-6-12-18(25-3)13-7-15/h6-13H,4-5,14H2,1-3H3,(H,21,23). The van der Waals surface area contributed by atoms with E-state index in [1.54, 1.807) is 36.3 Å². The number of nitrogens with one attached hydrogen (secondary N) is 1. The molecule has 0 radical (unpaired) electrons. The molecule has 0 saturated heterocycles. The Labute approximate surface area is 148 Å². The van der Waals surface area contributed by atoms with Gasteiger partial charge in [-0.2, -0.15) is 0 Å². The Bertz CT molecular complexity index is 705. The van der Waals surface area contributed by atoms with Crippen LogP contribution < -0.4 is 10.1 Å². The van der Waals surface area contributed by atoms with Crippen LogP contribution in [-0.2, 0) is 11.2 Å². The van der Waals surface area contributed by atoms with Gasteiger partial charge >= 0.3 is 0 Å². The van der Waals surface area contributed by atoms with Crippen LogP contribution in [0.25, 0.3) is 0 Å². The highest BCUT2D eigenvalue weighted by Crippen LogP contribution is 2.14. The molecule has 0 fully saturated rings. The molecule has 0 bridgehead atoms. The summed E-state index contributed by atoms with van der Waals surface area (Å²) in [6.45, 7) is 5.26. The van der Waals surface area contributed by atoms with Gasteiger partial charge in [0, 0.05) is 24.3 Å². The molecule has 0 saturated carbocycles. The summed E-state index contributed by atoms with van der Waals surface area (Å²) in [6.07, 6.45) is 0.282. The van der Waals surface area contributed by atoms with Crippen LogP contribution in [0.4, 0.5) is 5.69 Å². The van der Waals surface area contributed by atoms with E-state index in [9.17, 15) is 9.59 Å². The fraction of sp³-hybridized carbons (Fsp3) is 0.300. The Hall–Kier alpha value is -2.82. The third-order valence-electron chi connectivity index (χ3n) is 3.99. The number of ether oxygens (including phenoxy) is 1. The topological polar surface area (TPSA) is 58.6 Å². The lowest BCUT2D eigenvalue weighted by atomic mass is 10.1. The van der Waals surface area contributed by atoms with E-state index in [0.29, 0.717) is 24.3 Å². The van der Waals surface area contributed by atoms with Crippen molar-refractivity contribution in [3.8, 4) is 5.75 Å². The molecule has 1 N–H and O–H groups in total. The van der Waals surface area contributed by atoms with Gasteiger partial charge in [0.25, 0.3) is 5.91 Å². The maximum atomic E-state index is 12.3. The van der Waals surface area contributed by atoms with Crippen molar-refractivity contribution in [1.29, 1.82) is 0 Å². The van der Waals surface area contributed by atoms with Crippen molar-refractivity contribution >= 4 is 17.5 Å². The number of hydrogen-bond donors (Lipinski definition) is 1. The highest BCUT2D eigenvalue weighted by molar-refractivity contribution is 5.96. The molecule has 0 unspecified atom stereocenters. The number of carbonyl (C=O) groups is 2. The monoisotopic (exact) mass is 340 g/mol. The maximum absolute atomic E-state index is 12.3. The molecule has 2 rings (SSSR count). The number of amides is 2.